The lowest BCUT2D eigenvalue weighted by Gasteiger charge is -2.09. The number of halogens is 3. The molecule has 6 heteroatoms. The summed E-state index contributed by atoms with van der Waals surface area (Å²) in [6, 6.07) is 5.71. The molecule has 104 valence electrons. The van der Waals surface area contributed by atoms with Gasteiger partial charge in [0.25, 0.3) is 0 Å². The van der Waals surface area contributed by atoms with Crippen molar-refractivity contribution in [1.82, 2.24) is 9.97 Å². The summed E-state index contributed by atoms with van der Waals surface area (Å²) in [6.45, 7) is 0. The smallest absolute Gasteiger partial charge is 0.135 e. The van der Waals surface area contributed by atoms with Crippen molar-refractivity contribution in [2.75, 3.05) is 5.32 Å². The first kappa shape index (κ1) is 13.6. The van der Waals surface area contributed by atoms with Crippen molar-refractivity contribution in [3.63, 3.8) is 0 Å². The molecule has 0 radical (unpaired) electrons. The van der Waals surface area contributed by atoms with E-state index in [2.05, 4.69) is 15.3 Å². The van der Waals surface area contributed by atoms with Gasteiger partial charge < -0.3 is 5.32 Å². The number of hydrogen-bond donors (Lipinski definition) is 1. The van der Waals surface area contributed by atoms with Gasteiger partial charge in [0.2, 0.25) is 0 Å². The summed E-state index contributed by atoms with van der Waals surface area (Å²) in [7, 11) is 0. The summed E-state index contributed by atoms with van der Waals surface area (Å²) >= 11 is 12.0. The summed E-state index contributed by atoms with van der Waals surface area (Å²) in [5.41, 5.74) is 0.457. The molecule has 1 aromatic carbocycles. The Morgan fingerprint density at radius 2 is 2.00 bits per heavy atom. The van der Waals surface area contributed by atoms with Crippen molar-refractivity contribution in [3.8, 4) is 0 Å². The molecule has 0 aliphatic heterocycles. The van der Waals surface area contributed by atoms with Crippen LogP contribution in [0.2, 0.25) is 10.2 Å². The highest BCUT2D eigenvalue weighted by Gasteiger charge is 2.23. The zero-order chi connectivity index (χ0) is 14.1. The molecule has 1 fully saturated rings. The van der Waals surface area contributed by atoms with Gasteiger partial charge in [-0.1, -0.05) is 23.2 Å². The van der Waals surface area contributed by atoms with E-state index in [-0.39, 0.29) is 5.82 Å². The van der Waals surface area contributed by atoms with Crippen LogP contribution >= 0.6 is 23.2 Å². The maximum absolute atomic E-state index is 13.2. The van der Waals surface area contributed by atoms with E-state index in [1.165, 1.54) is 31.0 Å². The lowest BCUT2D eigenvalue weighted by molar-refractivity contribution is 0.628. The summed E-state index contributed by atoms with van der Waals surface area (Å²) in [5.74, 6) is 1.53. The van der Waals surface area contributed by atoms with Crippen LogP contribution in [-0.2, 0) is 6.42 Å². The van der Waals surface area contributed by atoms with Gasteiger partial charge in [-0.25, -0.2) is 14.4 Å². The van der Waals surface area contributed by atoms with Gasteiger partial charge in [-0.2, -0.15) is 0 Å². The van der Waals surface area contributed by atoms with Crippen LogP contribution in [0.4, 0.5) is 15.9 Å². The van der Waals surface area contributed by atoms with Gasteiger partial charge in [0.05, 0.1) is 10.7 Å². The van der Waals surface area contributed by atoms with Crippen LogP contribution in [0.5, 0.6) is 0 Å². The Hall–Kier alpha value is -1.39. The molecule has 3 rings (SSSR count). The van der Waals surface area contributed by atoms with Gasteiger partial charge in [-0.15, -0.1) is 0 Å². The summed E-state index contributed by atoms with van der Waals surface area (Å²) < 4.78 is 13.2. The van der Waals surface area contributed by atoms with E-state index < -0.39 is 0 Å². The average molecular weight is 312 g/mol. The van der Waals surface area contributed by atoms with Crippen LogP contribution < -0.4 is 5.32 Å². The zero-order valence-electron chi connectivity index (χ0n) is 10.5. The average Bonchev–Trinajstić information content (AvgIpc) is 3.17. The molecule has 0 spiro atoms. The van der Waals surface area contributed by atoms with Crippen molar-refractivity contribution < 1.29 is 4.39 Å². The van der Waals surface area contributed by atoms with Gasteiger partial charge in [-0.05, 0) is 37.0 Å². The Bertz CT molecular complexity index is 644. The molecule has 1 aliphatic rings. The number of anilines is 2. The Labute approximate surface area is 126 Å². The lowest BCUT2D eigenvalue weighted by atomic mass is 10.3. The first-order valence-electron chi connectivity index (χ1n) is 6.36. The molecule has 0 amide bonds. The highest BCUT2D eigenvalue weighted by molar-refractivity contribution is 6.33. The van der Waals surface area contributed by atoms with Gasteiger partial charge in [0.1, 0.15) is 22.6 Å². The van der Waals surface area contributed by atoms with Crippen LogP contribution in [0.25, 0.3) is 0 Å². The third-order valence-corrected chi connectivity index (χ3v) is 3.62. The number of benzene rings is 1. The van der Waals surface area contributed by atoms with Crippen LogP contribution in [0.1, 0.15) is 18.7 Å². The van der Waals surface area contributed by atoms with E-state index in [4.69, 9.17) is 23.2 Å². The standard InChI is InChI=1S/C14H12Cl2FN3/c15-10-4-3-9(17)6-11(10)18-14-7-12(16)19-13(20-14)5-8-1-2-8/h3-4,6-8H,1-2,5H2,(H,18,19,20). The van der Waals surface area contributed by atoms with Gasteiger partial charge in [0.15, 0.2) is 0 Å². The van der Waals surface area contributed by atoms with Crippen molar-refractivity contribution in [2.45, 2.75) is 19.3 Å². The molecule has 20 heavy (non-hydrogen) atoms. The van der Waals surface area contributed by atoms with Crippen LogP contribution in [-0.4, -0.2) is 9.97 Å². The van der Waals surface area contributed by atoms with Crippen molar-refractivity contribution in [2.24, 2.45) is 5.92 Å². The molecule has 0 saturated heterocycles. The minimum absolute atomic E-state index is 0.366. The molecule has 1 heterocycles. The Morgan fingerprint density at radius 1 is 1.20 bits per heavy atom. The molecule has 1 saturated carbocycles. The molecule has 0 atom stereocenters. The zero-order valence-corrected chi connectivity index (χ0v) is 12.0. The predicted octanol–water partition coefficient (Wildman–Crippen LogP) is 4.62. The van der Waals surface area contributed by atoms with Crippen LogP contribution in [0.15, 0.2) is 24.3 Å². The van der Waals surface area contributed by atoms with E-state index >= 15 is 0 Å². The Balaban J connectivity index is 1.85. The van der Waals surface area contributed by atoms with E-state index in [9.17, 15) is 4.39 Å². The summed E-state index contributed by atoms with van der Waals surface area (Å²) in [4.78, 5) is 8.59. The number of nitrogens with one attached hydrogen (secondary N) is 1. The van der Waals surface area contributed by atoms with E-state index in [0.29, 0.717) is 33.4 Å². The second-order valence-corrected chi connectivity index (χ2v) is 5.68. The van der Waals surface area contributed by atoms with Crippen molar-refractivity contribution >= 4 is 34.7 Å². The number of nitrogens with zero attached hydrogens (tertiary/aromatic N) is 2. The minimum Gasteiger partial charge on any atom is -0.339 e. The SMILES string of the molecule is Fc1ccc(Cl)c(Nc2cc(Cl)nc(CC3CC3)n2)c1. The first-order chi connectivity index (χ1) is 9.60. The molecule has 3 nitrogen and oxygen atoms in total. The van der Waals surface area contributed by atoms with E-state index in [0.717, 1.165) is 6.42 Å². The maximum Gasteiger partial charge on any atom is 0.135 e. The Morgan fingerprint density at radius 3 is 2.75 bits per heavy atom. The largest absolute Gasteiger partial charge is 0.339 e. The third-order valence-electron chi connectivity index (χ3n) is 3.10. The van der Waals surface area contributed by atoms with E-state index in [1.807, 2.05) is 0 Å². The number of rotatable bonds is 4. The minimum atomic E-state index is -0.366. The topological polar surface area (TPSA) is 37.8 Å². The second kappa shape index (κ2) is 5.54. The van der Waals surface area contributed by atoms with Crippen LogP contribution in [0.3, 0.4) is 0 Å². The molecule has 0 bridgehead atoms. The fourth-order valence-corrected chi connectivity index (χ4v) is 2.30. The molecule has 1 aromatic heterocycles. The second-order valence-electron chi connectivity index (χ2n) is 4.89. The summed E-state index contributed by atoms with van der Waals surface area (Å²) in [6.07, 6.45) is 3.26. The normalized spacial score (nSPS) is 14.3. The predicted molar refractivity (Wildman–Crippen MR) is 78.2 cm³/mol. The molecular formula is C14H12Cl2FN3. The third kappa shape index (κ3) is 3.38. The fourth-order valence-electron chi connectivity index (χ4n) is 1.93. The quantitative estimate of drug-likeness (QED) is 0.837. The lowest BCUT2D eigenvalue weighted by Crippen LogP contribution is -2.02. The Kier molecular flexibility index (Phi) is 3.76. The summed E-state index contributed by atoms with van der Waals surface area (Å²) in [5, 5.41) is 3.77. The van der Waals surface area contributed by atoms with Gasteiger partial charge in [0, 0.05) is 12.5 Å². The molecule has 2 aromatic rings. The van der Waals surface area contributed by atoms with E-state index in [1.54, 1.807) is 6.07 Å². The highest BCUT2D eigenvalue weighted by Crippen LogP contribution is 2.32. The first-order valence-corrected chi connectivity index (χ1v) is 7.11. The molecule has 0 unspecified atom stereocenters. The van der Waals surface area contributed by atoms with Crippen molar-refractivity contribution in [3.05, 3.63) is 46.1 Å². The molecule has 1 aliphatic carbocycles. The maximum atomic E-state index is 13.2. The number of aromatic nitrogens is 2. The van der Waals surface area contributed by atoms with Crippen LogP contribution in [0, 0.1) is 11.7 Å². The van der Waals surface area contributed by atoms with Gasteiger partial charge in [-0.3, -0.25) is 0 Å². The fraction of sp³-hybridized carbons (Fsp3) is 0.286. The molecular weight excluding hydrogens is 300 g/mol. The van der Waals surface area contributed by atoms with Crippen molar-refractivity contribution in [1.29, 1.82) is 0 Å². The molecule has 1 N–H and O–H groups in total. The van der Waals surface area contributed by atoms with Gasteiger partial charge >= 0.3 is 0 Å². The monoisotopic (exact) mass is 311 g/mol. The highest BCUT2D eigenvalue weighted by atomic mass is 35.5. The number of hydrogen-bond acceptors (Lipinski definition) is 3.